The Morgan fingerprint density at radius 1 is 1.24 bits per heavy atom. The van der Waals surface area contributed by atoms with E-state index in [1.54, 1.807) is 12.1 Å². The van der Waals surface area contributed by atoms with Crippen molar-refractivity contribution in [3.05, 3.63) is 24.3 Å². The molecule has 3 unspecified atom stereocenters. The summed E-state index contributed by atoms with van der Waals surface area (Å²) in [6.45, 7) is 7.16. The summed E-state index contributed by atoms with van der Waals surface area (Å²) in [5.41, 5.74) is 1.57. The molecule has 0 spiro atoms. The third-order valence-corrected chi connectivity index (χ3v) is 7.51. The first-order valence-electron chi connectivity index (χ1n) is 7.71. The maximum atomic E-state index is 11.7. The minimum absolute atomic E-state index is 0.290. The molecule has 0 amide bonds. The Labute approximate surface area is 128 Å². The van der Waals surface area contributed by atoms with Gasteiger partial charge in [-0.2, -0.15) is 0 Å². The van der Waals surface area contributed by atoms with Crippen LogP contribution in [-0.4, -0.2) is 20.7 Å². The average molecular weight is 307 g/mol. The summed E-state index contributed by atoms with van der Waals surface area (Å²) in [4.78, 5) is 0.389. The smallest absolute Gasteiger partial charge is 0.175 e. The van der Waals surface area contributed by atoms with Crippen LogP contribution in [-0.2, 0) is 9.84 Å². The number of hydrogen-bond acceptors (Lipinski definition) is 3. The lowest BCUT2D eigenvalue weighted by atomic mass is 9.69. The Kier molecular flexibility index (Phi) is 3.18. The van der Waals surface area contributed by atoms with Crippen molar-refractivity contribution in [3.8, 4) is 0 Å². The first kappa shape index (κ1) is 14.9. The van der Waals surface area contributed by atoms with E-state index >= 15 is 0 Å². The van der Waals surface area contributed by atoms with Crippen LogP contribution in [0.5, 0.6) is 0 Å². The van der Waals surface area contributed by atoms with Gasteiger partial charge in [0.2, 0.25) is 0 Å². The number of nitrogens with one attached hydrogen (secondary N) is 1. The number of sulfone groups is 1. The summed E-state index contributed by atoms with van der Waals surface area (Å²) < 4.78 is 23.4. The number of rotatable bonds is 3. The van der Waals surface area contributed by atoms with Crippen LogP contribution >= 0.6 is 0 Å². The Hall–Kier alpha value is -1.03. The first-order chi connectivity index (χ1) is 9.64. The van der Waals surface area contributed by atoms with Gasteiger partial charge in [-0.3, -0.25) is 0 Å². The van der Waals surface area contributed by atoms with Crippen LogP contribution in [0.25, 0.3) is 0 Å². The van der Waals surface area contributed by atoms with E-state index in [1.807, 2.05) is 12.1 Å². The van der Waals surface area contributed by atoms with Crippen molar-refractivity contribution < 1.29 is 8.42 Å². The summed E-state index contributed by atoms with van der Waals surface area (Å²) >= 11 is 0. The Bertz CT molecular complexity index is 665. The second-order valence-electron chi connectivity index (χ2n) is 7.61. The van der Waals surface area contributed by atoms with Crippen LogP contribution in [0.3, 0.4) is 0 Å². The van der Waals surface area contributed by atoms with Gasteiger partial charge >= 0.3 is 0 Å². The van der Waals surface area contributed by atoms with Gasteiger partial charge in [-0.15, -0.1) is 0 Å². The quantitative estimate of drug-likeness (QED) is 0.926. The van der Waals surface area contributed by atoms with Crippen molar-refractivity contribution in [2.75, 3.05) is 11.6 Å². The number of fused-ring (bicyclic) bond motifs is 2. The Balaban J connectivity index is 1.86. The molecule has 21 heavy (non-hydrogen) atoms. The summed E-state index contributed by atoms with van der Waals surface area (Å²) in [6, 6.07) is 7.64. The molecular weight excluding hydrogens is 282 g/mol. The summed E-state index contributed by atoms with van der Waals surface area (Å²) in [7, 11) is -3.15. The molecule has 2 bridgehead atoms. The molecule has 2 aliphatic carbocycles. The predicted molar refractivity (Wildman–Crippen MR) is 86.2 cm³/mol. The molecule has 0 aliphatic heterocycles. The number of benzene rings is 1. The second-order valence-corrected chi connectivity index (χ2v) is 9.62. The molecule has 0 radical (unpaired) electrons. The number of hydrogen-bond donors (Lipinski definition) is 1. The van der Waals surface area contributed by atoms with Gasteiger partial charge in [0.25, 0.3) is 0 Å². The fourth-order valence-corrected chi connectivity index (χ4v) is 5.11. The van der Waals surface area contributed by atoms with Crippen LogP contribution in [0.15, 0.2) is 29.2 Å². The van der Waals surface area contributed by atoms with Crippen LogP contribution in [0.2, 0.25) is 0 Å². The monoisotopic (exact) mass is 307 g/mol. The lowest BCUT2D eigenvalue weighted by molar-refractivity contribution is 0.142. The highest BCUT2D eigenvalue weighted by molar-refractivity contribution is 7.90. The van der Waals surface area contributed by atoms with E-state index < -0.39 is 9.84 Å². The molecule has 1 N–H and O–H groups in total. The third-order valence-electron chi connectivity index (χ3n) is 6.40. The molecule has 4 heteroatoms. The van der Waals surface area contributed by atoms with Gasteiger partial charge in [0.1, 0.15) is 0 Å². The van der Waals surface area contributed by atoms with E-state index in [-0.39, 0.29) is 0 Å². The van der Waals surface area contributed by atoms with Crippen LogP contribution < -0.4 is 5.32 Å². The molecule has 3 rings (SSSR count). The summed E-state index contributed by atoms with van der Waals surface area (Å²) in [5, 5.41) is 3.62. The minimum Gasteiger partial charge on any atom is -0.382 e. The topological polar surface area (TPSA) is 46.2 Å². The average Bonchev–Trinajstić information content (AvgIpc) is 2.71. The van der Waals surface area contributed by atoms with Crippen LogP contribution in [0.4, 0.5) is 5.69 Å². The largest absolute Gasteiger partial charge is 0.382 e. The highest BCUT2D eigenvalue weighted by Gasteiger charge is 2.61. The Morgan fingerprint density at radius 2 is 1.95 bits per heavy atom. The van der Waals surface area contributed by atoms with Gasteiger partial charge in [-0.05, 0) is 54.2 Å². The molecular formula is C17H25NO2S. The van der Waals surface area contributed by atoms with E-state index in [9.17, 15) is 8.42 Å². The molecule has 2 saturated carbocycles. The molecule has 2 fully saturated rings. The van der Waals surface area contributed by atoms with Gasteiger partial charge in [-0.1, -0.05) is 26.8 Å². The lowest BCUT2D eigenvalue weighted by Gasteiger charge is -2.40. The van der Waals surface area contributed by atoms with E-state index in [0.717, 1.165) is 11.6 Å². The maximum absolute atomic E-state index is 11.7. The van der Waals surface area contributed by atoms with Crippen LogP contribution in [0.1, 0.15) is 40.0 Å². The molecule has 0 heterocycles. The van der Waals surface area contributed by atoms with Crippen LogP contribution in [0, 0.1) is 16.7 Å². The normalized spacial score (nSPS) is 34.1. The van der Waals surface area contributed by atoms with Crippen molar-refractivity contribution >= 4 is 15.5 Å². The van der Waals surface area contributed by atoms with E-state index in [2.05, 4.69) is 26.1 Å². The molecule has 2 aliphatic rings. The van der Waals surface area contributed by atoms with E-state index in [4.69, 9.17) is 0 Å². The number of anilines is 1. The molecule has 3 nitrogen and oxygen atoms in total. The van der Waals surface area contributed by atoms with Gasteiger partial charge in [0.05, 0.1) is 4.90 Å². The highest BCUT2D eigenvalue weighted by atomic mass is 32.2. The predicted octanol–water partition coefficient (Wildman–Crippen LogP) is 3.72. The molecule has 0 saturated heterocycles. The zero-order chi connectivity index (χ0) is 15.5. The molecule has 3 atom stereocenters. The van der Waals surface area contributed by atoms with Gasteiger partial charge < -0.3 is 5.32 Å². The fourth-order valence-electron chi connectivity index (χ4n) is 4.44. The standard InChI is InChI=1S/C17H25NO2S/c1-16(2)12-8-9-17(16,3)15(10-12)18-13-6-5-7-14(11-13)21(4,19)20/h5-7,11-12,15,18H,8-10H2,1-4H3. The lowest BCUT2D eigenvalue weighted by Crippen LogP contribution is -2.40. The molecule has 0 aromatic heterocycles. The van der Waals surface area contributed by atoms with Crippen molar-refractivity contribution in [2.45, 2.75) is 51.0 Å². The first-order valence-corrected chi connectivity index (χ1v) is 9.60. The highest BCUT2D eigenvalue weighted by Crippen LogP contribution is 2.65. The fraction of sp³-hybridized carbons (Fsp3) is 0.647. The van der Waals surface area contributed by atoms with E-state index in [0.29, 0.717) is 21.8 Å². The summed E-state index contributed by atoms with van der Waals surface area (Å²) in [6.07, 6.45) is 5.03. The van der Waals surface area contributed by atoms with Crippen molar-refractivity contribution in [1.82, 2.24) is 0 Å². The maximum Gasteiger partial charge on any atom is 0.175 e. The molecule has 116 valence electrons. The summed E-state index contributed by atoms with van der Waals surface area (Å²) in [5.74, 6) is 0.776. The van der Waals surface area contributed by atoms with Crippen molar-refractivity contribution in [2.24, 2.45) is 16.7 Å². The van der Waals surface area contributed by atoms with Gasteiger partial charge in [0, 0.05) is 18.0 Å². The van der Waals surface area contributed by atoms with Gasteiger partial charge in [-0.25, -0.2) is 8.42 Å². The second kappa shape index (κ2) is 4.48. The van der Waals surface area contributed by atoms with Crippen molar-refractivity contribution in [1.29, 1.82) is 0 Å². The SMILES string of the molecule is CC1(C)C2CCC1(C)C(Nc1cccc(S(C)(=O)=O)c1)C2. The van der Waals surface area contributed by atoms with Crippen molar-refractivity contribution in [3.63, 3.8) is 0 Å². The molecule has 1 aromatic carbocycles. The zero-order valence-corrected chi connectivity index (χ0v) is 14.1. The molecule has 1 aromatic rings. The Morgan fingerprint density at radius 3 is 2.48 bits per heavy atom. The minimum atomic E-state index is -3.15. The zero-order valence-electron chi connectivity index (χ0n) is 13.3. The third kappa shape index (κ3) is 2.19. The van der Waals surface area contributed by atoms with E-state index in [1.165, 1.54) is 25.5 Å². The van der Waals surface area contributed by atoms with Gasteiger partial charge in [0.15, 0.2) is 9.84 Å².